The first kappa shape index (κ1) is 24.5. The molecule has 3 heterocycles. The summed E-state index contributed by atoms with van der Waals surface area (Å²) in [6.45, 7) is 5.28. The first-order valence-electron chi connectivity index (χ1n) is 12.4. The third-order valence-corrected chi connectivity index (χ3v) is 7.90. The Morgan fingerprint density at radius 2 is 1.92 bits per heavy atom. The summed E-state index contributed by atoms with van der Waals surface area (Å²) in [5.41, 5.74) is 7.01. The molecule has 5 rings (SSSR count). The van der Waals surface area contributed by atoms with Crippen LogP contribution in [0.1, 0.15) is 30.0 Å². The van der Waals surface area contributed by atoms with Crippen LogP contribution in [0.25, 0.3) is 22.3 Å². The van der Waals surface area contributed by atoms with Gasteiger partial charge in [0.25, 0.3) is 0 Å². The second kappa shape index (κ2) is 11.2. The summed E-state index contributed by atoms with van der Waals surface area (Å²) in [6, 6.07) is 17.0. The predicted octanol–water partition coefficient (Wildman–Crippen LogP) is 4.98. The lowest BCUT2D eigenvalue weighted by atomic mass is 9.98. The fourth-order valence-electron chi connectivity index (χ4n) is 4.77. The highest BCUT2D eigenvalue weighted by Crippen LogP contribution is 2.26. The molecule has 4 aromatic rings. The fraction of sp³-hybridized carbons (Fsp3) is 0.357. The SMILES string of the molecule is CON=C(C)c1ccc2c(c1)CCN(CCCSc1nnc(-c3ccc4ncccc4c3)n1C)CC2. The average Bonchev–Trinajstić information content (AvgIpc) is 3.14. The average molecular weight is 501 g/mol. The van der Waals surface area contributed by atoms with Crippen molar-refractivity contribution < 1.29 is 4.84 Å². The summed E-state index contributed by atoms with van der Waals surface area (Å²) in [4.78, 5) is 11.9. The molecule has 0 N–H and O–H groups in total. The monoisotopic (exact) mass is 500 g/mol. The van der Waals surface area contributed by atoms with Crippen molar-refractivity contribution >= 4 is 28.4 Å². The van der Waals surface area contributed by atoms with E-state index in [1.165, 1.54) is 11.1 Å². The molecule has 0 bridgehead atoms. The van der Waals surface area contributed by atoms with Gasteiger partial charge in [-0.1, -0.05) is 35.1 Å². The summed E-state index contributed by atoms with van der Waals surface area (Å²) in [5, 5.41) is 15.1. The molecular weight excluding hydrogens is 468 g/mol. The molecule has 0 fully saturated rings. The van der Waals surface area contributed by atoms with Crippen LogP contribution < -0.4 is 0 Å². The van der Waals surface area contributed by atoms with Gasteiger partial charge < -0.3 is 14.3 Å². The van der Waals surface area contributed by atoms with Crippen molar-refractivity contribution in [2.24, 2.45) is 12.2 Å². The Balaban J connectivity index is 1.14. The second-order valence-corrected chi connectivity index (χ2v) is 10.2. The van der Waals surface area contributed by atoms with Crippen molar-refractivity contribution in [3.63, 3.8) is 0 Å². The first-order valence-corrected chi connectivity index (χ1v) is 13.4. The van der Waals surface area contributed by atoms with Crippen molar-refractivity contribution in [2.45, 2.75) is 31.3 Å². The highest BCUT2D eigenvalue weighted by molar-refractivity contribution is 7.99. The number of benzene rings is 2. The van der Waals surface area contributed by atoms with Gasteiger partial charge in [-0.05, 0) is 79.8 Å². The topological polar surface area (TPSA) is 68.4 Å². The van der Waals surface area contributed by atoms with Gasteiger partial charge in [0.2, 0.25) is 0 Å². The van der Waals surface area contributed by atoms with Crippen LogP contribution in [-0.2, 0) is 24.7 Å². The molecule has 8 heteroatoms. The number of aromatic nitrogens is 4. The van der Waals surface area contributed by atoms with E-state index in [2.05, 4.69) is 66.2 Å². The summed E-state index contributed by atoms with van der Waals surface area (Å²) < 4.78 is 2.09. The number of thioether (sulfide) groups is 1. The lowest BCUT2D eigenvalue weighted by molar-refractivity contribution is 0.213. The molecule has 0 atom stereocenters. The molecule has 186 valence electrons. The van der Waals surface area contributed by atoms with Crippen LogP contribution in [-0.4, -0.2) is 62.9 Å². The van der Waals surface area contributed by atoms with Gasteiger partial charge >= 0.3 is 0 Å². The summed E-state index contributed by atoms with van der Waals surface area (Å²) >= 11 is 1.78. The van der Waals surface area contributed by atoms with Gasteiger partial charge in [-0.25, -0.2) is 0 Å². The molecule has 0 saturated heterocycles. The van der Waals surface area contributed by atoms with Crippen LogP contribution in [0.3, 0.4) is 0 Å². The van der Waals surface area contributed by atoms with Gasteiger partial charge in [0.05, 0.1) is 11.2 Å². The van der Waals surface area contributed by atoms with E-state index >= 15 is 0 Å². The highest BCUT2D eigenvalue weighted by Gasteiger charge is 2.16. The van der Waals surface area contributed by atoms with Crippen molar-refractivity contribution in [1.82, 2.24) is 24.6 Å². The number of pyridine rings is 1. The van der Waals surface area contributed by atoms with Gasteiger partial charge in [-0.2, -0.15) is 0 Å². The molecule has 0 aliphatic carbocycles. The number of rotatable bonds is 8. The standard InChI is InChI=1S/C28H32N6OS/c1-20(32-35-3)22-8-7-21-11-15-34(16-12-23(21)18-22)14-5-17-36-28-31-30-27(33(28)2)25-9-10-26-24(19-25)6-4-13-29-26/h4,6-10,13,18-19H,5,11-12,14-17H2,1-3H3. The van der Waals surface area contributed by atoms with Crippen molar-refractivity contribution in [3.05, 3.63) is 71.4 Å². The lowest BCUT2D eigenvalue weighted by Crippen LogP contribution is -2.27. The van der Waals surface area contributed by atoms with E-state index in [0.29, 0.717) is 0 Å². The second-order valence-electron chi connectivity index (χ2n) is 9.16. The zero-order valence-corrected chi connectivity index (χ0v) is 22.0. The van der Waals surface area contributed by atoms with Crippen LogP contribution in [0.2, 0.25) is 0 Å². The minimum absolute atomic E-state index is 0.888. The Morgan fingerprint density at radius 1 is 1.06 bits per heavy atom. The van der Waals surface area contributed by atoms with Gasteiger partial charge in [-0.3, -0.25) is 4.98 Å². The molecule has 0 radical (unpaired) electrons. The normalized spacial score (nSPS) is 14.6. The van der Waals surface area contributed by atoms with E-state index in [4.69, 9.17) is 4.84 Å². The molecule has 7 nitrogen and oxygen atoms in total. The molecule has 0 spiro atoms. The Morgan fingerprint density at radius 3 is 2.78 bits per heavy atom. The summed E-state index contributed by atoms with van der Waals surface area (Å²) in [6.07, 6.45) is 5.11. The van der Waals surface area contributed by atoms with E-state index in [1.54, 1.807) is 18.9 Å². The molecular formula is C28H32N6OS. The van der Waals surface area contributed by atoms with Crippen LogP contribution >= 0.6 is 11.8 Å². The van der Waals surface area contributed by atoms with E-state index in [1.807, 2.05) is 32.3 Å². The molecule has 1 aliphatic rings. The molecule has 2 aromatic heterocycles. The van der Waals surface area contributed by atoms with Gasteiger partial charge in [0, 0.05) is 43.0 Å². The van der Waals surface area contributed by atoms with Crippen LogP contribution in [0.4, 0.5) is 0 Å². The number of oxime groups is 1. The van der Waals surface area contributed by atoms with Crippen molar-refractivity contribution in [2.75, 3.05) is 32.5 Å². The number of hydrogen-bond donors (Lipinski definition) is 0. The molecule has 1 aliphatic heterocycles. The summed E-state index contributed by atoms with van der Waals surface area (Å²) in [7, 11) is 3.64. The van der Waals surface area contributed by atoms with Crippen molar-refractivity contribution in [1.29, 1.82) is 0 Å². The third-order valence-electron chi connectivity index (χ3n) is 6.79. The van der Waals surface area contributed by atoms with Crippen molar-refractivity contribution in [3.8, 4) is 11.4 Å². The zero-order chi connectivity index (χ0) is 24.9. The molecule has 0 saturated carbocycles. The Bertz CT molecular complexity index is 1380. The Hall–Kier alpha value is -3.23. The minimum Gasteiger partial charge on any atom is -0.399 e. The minimum atomic E-state index is 0.888. The maximum absolute atomic E-state index is 4.94. The van der Waals surface area contributed by atoms with Gasteiger partial charge in [0.1, 0.15) is 7.11 Å². The number of fused-ring (bicyclic) bond motifs is 2. The predicted molar refractivity (Wildman–Crippen MR) is 147 cm³/mol. The van der Waals surface area contributed by atoms with Gasteiger partial charge in [0.15, 0.2) is 11.0 Å². The Kier molecular flexibility index (Phi) is 7.63. The lowest BCUT2D eigenvalue weighted by Gasteiger charge is -2.19. The van der Waals surface area contributed by atoms with E-state index in [9.17, 15) is 0 Å². The highest BCUT2D eigenvalue weighted by atomic mass is 32.2. The Labute approximate surface area is 216 Å². The van der Waals surface area contributed by atoms with E-state index < -0.39 is 0 Å². The summed E-state index contributed by atoms with van der Waals surface area (Å²) in [5.74, 6) is 1.91. The van der Waals surface area contributed by atoms with Gasteiger partial charge in [-0.15, -0.1) is 10.2 Å². The first-order chi connectivity index (χ1) is 17.6. The van der Waals surface area contributed by atoms with Crippen LogP contribution in [0.15, 0.2) is 65.0 Å². The maximum atomic E-state index is 4.94. The molecule has 0 unspecified atom stereocenters. The quantitative estimate of drug-likeness (QED) is 0.147. The number of nitrogens with zero attached hydrogens (tertiary/aromatic N) is 6. The number of hydrogen-bond acceptors (Lipinski definition) is 7. The van der Waals surface area contributed by atoms with E-state index in [0.717, 1.165) is 83.4 Å². The van der Waals surface area contributed by atoms with Crippen LogP contribution in [0, 0.1) is 0 Å². The van der Waals surface area contributed by atoms with Crippen LogP contribution in [0.5, 0.6) is 0 Å². The maximum Gasteiger partial charge on any atom is 0.191 e. The molecule has 0 amide bonds. The zero-order valence-electron chi connectivity index (χ0n) is 21.1. The van der Waals surface area contributed by atoms with E-state index in [-0.39, 0.29) is 0 Å². The molecule has 2 aromatic carbocycles. The molecule has 36 heavy (non-hydrogen) atoms. The fourth-order valence-corrected chi connectivity index (χ4v) is 5.60. The third kappa shape index (κ3) is 5.44. The smallest absolute Gasteiger partial charge is 0.191 e. The largest absolute Gasteiger partial charge is 0.399 e.